The van der Waals surface area contributed by atoms with Crippen LogP contribution in [-0.2, 0) is 0 Å². The molecule has 1 amide bonds. The molecule has 0 bridgehead atoms. The van der Waals surface area contributed by atoms with Gasteiger partial charge >= 0.3 is 0 Å². The Labute approximate surface area is 164 Å². The van der Waals surface area contributed by atoms with E-state index in [1.807, 2.05) is 30.0 Å². The van der Waals surface area contributed by atoms with Crippen LogP contribution >= 0.6 is 15.9 Å². The topological polar surface area (TPSA) is 66.7 Å². The molecule has 0 saturated carbocycles. The zero-order valence-corrected chi connectivity index (χ0v) is 16.6. The van der Waals surface area contributed by atoms with Crippen LogP contribution in [0.2, 0.25) is 0 Å². The van der Waals surface area contributed by atoms with Crippen molar-refractivity contribution >= 4 is 33.2 Å². The molecule has 0 aromatic heterocycles. The molecule has 1 heterocycles. The molecule has 27 heavy (non-hydrogen) atoms. The molecule has 1 saturated heterocycles. The van der Waals surface area contributed by atoms with E-state index in [0.717, 1.165) is 10.5 Å². The van der Waals surface area contributed by atoms with Crippen molar-refractivity contribution in [2.45, 2.75) is 19.9 Å². The monoisotopic (exact) mass is 435 g/mol. The SMILES string of the molecule is Cc1cc(N2CCN(C(=O)c3ccccc3Br)[C@H](C)C2)c(F)cc1[N+](=O)[O-]. The van der Waals surface area contributed by atoms with E-state index in [0.29, 0.717) is 36.4 Å². The van der Waals surface area contributed by atoms with Gasteiger partial charge in [-0.1, -0.05) is 12.1 Å². The summed E-state index contributed by atoms with van der Waals surface area (Å²) in [5.41, 5.74) is 1.11. The summed E-state index contributed by atoms with van der Waals surface area (Å²) >= 11 is 3.41. The number of piperazine rings is 1. The minimum Gasteiger partial charge on any atom is -0.365 e. The number of amides is 1. The van der Waals surface area contributed by atoms with E-state index in [1.54, 1.807) is 17.9 Å². The fraction of sp³-hybridized carbons (Fsp3) is 0.316. The summed E-state index contributed by atoms with van der Waals surface area (Å²) in [6.07, 6.45) is 0. The van der Waals surface area contributed by atoms with Crippen molar-refractivity contribution in [3.05, 3.63) is 67.9 Å². The lowest BCUT2D eigenvalue weighted by atomic mass is 10.1. The van der Waals surface area contributed by atoms with E-state index in [1.165, 1.54) is 6.07 Å². The van der Waals surface area contributed by atoms with Gasteiger partial charge in [0.15, 0.2) is 5.82 Å². The molecule has 0 unspecified atom stereocenters. The van der Waals surface area contributed by atoms with Gasteiger partial charge in [0.25, 0.3) is 11.6 Å². The quantitative estimate of drug-likeness (QED) is 0.536. The highest BCUT2D eigenvalue weighted by Crippen LogP contribution is 2.30. The second-order valence-electron chi connectivity index (χ2n) is 6.62. The maximum absolute atomic E-state index is 14.4. The number of nitrogens with zero attached hydrogens (tertiary/aromatic N) is 3. The maximum Gasteiger partial charge on any atom is 0.275 e. The number of hydrogen-bond acceptors (Lipinski definition) is 4. The molecule has 1 atom stereocenters. The van der Waals surface area contributed by atoms with E-state index >= 15 is 0 Å². The first kappa shape index (κ1) is 19.3. The molecule has 2 aromatic rings. The zero-order chi connectivity index (χ0) is 19.7. The number of benzene rings is 2. The maximum atomic E-state index is 14.4. The van der Waals surface area contributed by atoms with Crippen LogP contribution in [0.15, 0.2) is 40.9 Å². The van der Waals surface area contributed by atoms with Crippen LogP contribution < -0.4 is 4.90 Å². The van der Waals surface area contributed by atoms with Crippen LogP contribution in [0.1, 0.15) is 22.8 Å². The van der Waals surface area contributed by atoms with Gasteiger partial charge < -0.3 is 9.80 Å². The van der Waals surface area contributed by atoms with Crippen molar-refractivity contribution in [1.82, 2.24) is 4.90 Å². The van der Waals surface area contributed by atoms with Crippen molar-refractivity contribution in [1.29, 1.82) is 0 Å². The smallest absolute Gasteiger partial charge is 0.275 e. The molecular weight excluding hydrogens is 417 g/mol. The molecule has 0 aliphatic carbocycles. The molecule has 0 radical (unpaired) electrons. The van der Waals surface area contributed by atoms with Gasteiger partial charge in [0.2, 0.25) is 0 Å². The standard InChI is InChI=1S/C19H19BrFN3O3/c1-12-9-18(16(21)10-17(12)24(26)27)22-7-8-23(13(2)11-22)19(25)14-5-3-4-6-15(14)20/h3-6,9-10,13H,7-8,11H2,1-2H3/t13-/m1/s1. The first-order valence-electron chi connectivity index (χ1n) is 8.54. The highest BCUT2D eigenvalue weighted by Gasteiger charge is 2.30. The minimum absolute atomic E-state index is 0.0741. The summed E-state index contributed by atoms with van der Waals surface area (Å²) in [6, 6.07) is 9.59. The third-order valence-electron chi connectivity index (χ3n) is 4.80. The molecule has 3 rings (SSSR count). The Morgan fingerprint density at radius 1 is 1.30 bits per heavy atom. The summed E-state index contributed by atoms with van der Waals surface area (Å²) in [7, 11) is 0. The lowest BCUT2D eigenvalue weighted by molar-refractivity contribution is -0.385. The Balaban J connectivity index is 1.79. The Bertz CT molecular complexity index is 906. The second-order valence-corrected chi connectivity index (χ2v) is 7.47. The number of carbonyl (C=O) groups excluding carboxylic acids is 1. The van der Waals surface area contributed by atoms with Gasteiger partial charge in [0.1, 0.15) is 0 Å². The molecule has 1 aliphatic rings. The Morgan fingerprint density at radius 3 is 2.63 bits per heavy atom. The first-order valence-corrected chi connectivity index (χ1v) is 9.34. The number of anilines is 1. The van der Waals surface area contributed by atoms with Crippen LogP contribution in [0.5, 0.6) is 0 Å². The number of rotatable bonds is 3. The Hall–Kier alpha value is -2.48. The summed E-state index contributed by atoms with van der Waals surface area (Å²) in [5.74, 6) is -0.694. The number of carbonyl (C=O) groups is 1. The van der Waals surface area contributed by atoms with Crippen LogP contribution in [0.4, 0.5) is 15.8 Å². The molecule has 8 heteroatoms. The van der Waals surface area contributed by atoms with Gasteiger partial charge in [0.05, 0.1) is 22.2 Å². The van der Waals surface area contributed by atoms with Gasteiger partial charge in [0, 0.05) is 35.7 Å². The Morgan fingerprint density at radius 2 is 2.00 bits per heavy atom. The highest BCUT2D eigenvalue weighted by molar-refractivity contribution is 9.10. The number of nitro groups is 1. The zero-order valence-electron chi connectivity index (χ0n) is 15.0. The fourth-order valence-corrected chi connectivity index (χ4v) is 3.82. The molecule has 2 aromatic carbocycles. The van der Waals surface area contributed by atoms with E-state index in [2.05, 4.69) is 15.9 Å². The van der Waals surface area contributed by atoms with Gasteiger partial charge in [-0.3, -0.25) is 14.9 Å². The third kappa shape index (κ3) is 3.80. The predicted molar refractivity (Wildman–Crippen MR) is 105 cm³/mol. The van der Waals surface area contributed by atoms with Crippen LogP contribution in [0, 0.1) is 22.9 Å². The van der Waals surface area contributed by atoms with E-state index < -0.39 is 10.7 Å². The molecule has 0 spiro atoms. The summed E-state index contributed by atoms with van der Waals surface area (Å²) in [5, 5.41) is 11.0. The summed E-state index contributed by atoms with van der Waals surface area (Å²) in [6.45, 7) is 4.85. The van der Waals surface area contributed by atoms with Crippen molar-refractivity contribution in [2.75, 3.05) is 24.5 Å². The molecule has 1 fully saturated rings. The van der Waals surface area contributed by atoms with Gasteiger partial charge in [-0.05, 0) is 48.0 Å². The molecule has 1 aliphatic heterocycles. The van der Waals surface area contributed by atoms with Gasteiger partial charge in [-0.25, -0.2) is 4.39 Å². The van der Waals surface area contributed by atoms with Crippen molar-refractivity contribution in [3.8, 4) is 0 Å². The Kier molecular flexibility index (Phi) is 5.46. The predicted octanol–water partition coefficient (Wildman–Crippen LogP) is 4.16. The van der Waals surface area contributed by atoms with Gasteiger partial charge in [-0.15, -0.1) is 0 Å². The molecule has 6 nitrogen and oxygen atoms in total. The number of aryl methyl sites for hydroxylation is 1. The third-order valence-corrected chi connectivity index (χ3v) is 5.49. The van der Waals surface area contributed by atoms with Crippen molar-refractivity contribution in [3.63, 3.8) is 0 Å². The van der Waals surface area contributed by atoms with Crippen molar-refractivity contribution in [2.24, 2.45) is 0 Å². The average molecular weight is 436 g/mol. The average Bonchev–Trinajstić information content (AvgIpc) is 2.63. The van der Waals surface area contributed by atoms with E-state index in [-0.39, 0.29) is 17.6 Å². The molecule has 0 N–H and O–H groups in total. The van der Waals surface area contributed by atoms with Crippen LogP contribution in [0.3, 0.4) is 0 Å². The van der Waals surface area contributed by atoms with Gasteiger partial charge in [-0.2, -0.15) is 0 Å². The second kappa shape index (κ2) is 7.64. The summed E-state index contributed by atoms with van der Waals surface area (Å²) < 4.78 is 15.2. The van der Waals surface area contributed by atoms with Crippen LogP contribution in [-0.4, -0.2) is 41.4 Å². The van der Waals surface area contributed by atoms with E-state index in [9.17, 15) is 19.3 Å². The number of halogens is 2. The first-order chi connectivity index (χ1) is 12.8. The van der Waals surface area contributed by atoms with E-state index in [4.69, 9.17) is 0 Å². The molecular formula is C19H19BrFN3O3. The lowest BCUT2D eigenvalue weighted by Crippen LogP contribution is -2.54. The van der Waals surface area contributed by atoms with Crippen molar-refractivity contribution < 1.29 is 14.1 Å². The number of nitro benzene ring substituents is 1. The minimum atomic E-state index is -0.620. The highest BCUT2D eigenvalue weighted by atomic mass is 79.9. The lowest BCUT2D eigenvalue weighted by Gasteiger charge is -2.41. The largest absolute Gasteiger partial charge is 0.365 e. The fourth-order valence-electron chi connectivity index (χ4n) is 3.36. The van der Waals surface area contributed by atoms with Crippen LogP contribution in [0.25, 0.3) is 0 Å². The molecule has 142 valence electrons. The normalized spacial score (nSPS) is 17.1. The summed E-state index contributed by atoms with van der Waals surface area (Å²) in [4.78, 5) is 26.8. The number of hydrogen-bond donors (Lipinski definition) is 0.